The Kier molecular flexibility index (Phi) is 7.63. The van der Waals surface area contributed by atoms with Gasteiger partial charge < -0.3 is 14.6 Å². The zero-order chi connectivity index (χ0) is 23.9. The van der Waals surface area contributed by atoms with Crippen molar-refractivity contribution in [3.63, 3.8) is 0 Å². The van der Waals surface area contributed by atoms with E-state index in [1.807, 2.05) is 18.2 Å². The molecule has 0 aliphatic carbocycles. The first-order valence-corrected chi connectivity index (χ1v) is 12.0. The molecule has 5 nitrogen and oxygen atoms in total. The lowest BCUT2D eigenvalue weighted by Crippen LogP contribution is -2.25. The Morgan fingerprint density at radius 2 is 1.85 bits per heavy atom. The molecule has 0 bridgehead atoms. The third-order valence-electron chi connectivity index (χ3n) is 6.43. The number of benzene rings is 3. The lowest BCUT2D eigenvalue weighted by molar-refractivity contribution is 0.0953. The number of carbonyl (C=O) groups excluding carboxylic acids is 1. The van der Waals surface area contributed by atoms with Crippen LogP contribution in [0, 0.1) is 0 Å². The van der Waals surface area contributed by atoms with Gasteiger partial charge in [-0.3, -0.25) is 4.79 Å². The third kappa shape index (κ3) is 5.48. The molecule has 0 radical (unpaired) electrons. The fourth-order valence-corrected chi connectivity index (χ4v) is 4.18. The Balaban J connectivity index is 1.43. The number of hydrogen-bond donors (Lipinski definition) is 1. The van der Waals surface area contributed by atoms with Crippen LogP contribution in [0.4, 0.5) is 0 Å². The Labute approximate surface area is 201 Å². The molecule has 0 aliphatic heterocycles. The van der Waals surface area contributed by atoms with E-state index in [4.69, 9.17) is 9.72 Å². The van der Waals surface area contributed by atoms with Gasteiger partial charge >= 0.3 is 0 Å². The van der Waals surface area contributed by atoms with Gasteiger partial charge in [0, 0.05) is 25.1 Å². The van der Waals surface area contributed by atoms with Crippen LogP contribution < -0.4 is 10.1 Å². The highest BCUT2D eigenvalue weighted by atomic mass is 16.5. The zero-order valence-electron chi connectivity index (χ0n) is 20.3. The molecule has 1 N–H and O–H groups in total. The number of amides is 1. The molecular formula is C29H33N3O2. The summed E-state index contributed by atoms with van der Waals surface area (Å²) in [5.74, 6) is 2.21. The minimum Gasteiger partial charge on any atom is -0.497 e. The number of nitrogens with zero attached hydrogens (tertiary/aromatic N) is 2. The van der Waals surface area contributed by atoms with Crippen molar-refractivity contribution < 1.29 is 9.53 Å². The van der Waals surface area contributed by atoms with E-state index in [9.17, 15) is 4.79 Å². The van der Waals surface area contributed by atoms with Crippen LogP contribution in [-0.4, -0.2) is 29.1 Å². The molecule has 34 heavy (non-hydrogen) atoms. The predicted molar refractivity (Wildman–Crippen MR) is 138 cm³/mol. The molecule has 0 saturated carbocycles. The summed E-state index contributed by atoms with van der Waals surface area (Å²) in [7, 11) is 1.60. The summed E-state index contributed by atoms with van der Waals surface area (Å²) < 4.78 is 7.52. The largest absolute Gasteiger partial charge is 0.497 e. The highest BCUT2D eigenvalue weighted by Gasteiger charge is 2.12. The number of fused-ring (bicyclic) bond motifs is 1. The van der Waals surface area contributed by atoms with Gasteiger partial charge in [0.1, 0.15) is 11.6 Å². The summed E-state index contributed by atoms with van der Waals surface area (Å²) in [6.45, 7) is 5.86. The number of aromatic nitrogens is 2. The SMILES string of the molecule is CCC(C)c1ccc(Cn2c(CCCNC(=O)c3cccc(OC)c3)nc3ccccc32)cc1. The molecule has 1 aromatic heterocycles. The van der Waals surface area contributed by atoms with Gasteiger partial charge in [0.25, 0.3) is 5.91 Å². The smallest absolute Gasteiger partial charge is 0.251 e. The van der Waals surface area contributed by atoms with Crippen molar-refractivity contribution in [3.05, 3.63) is 95.3 Å². The van der Waals surface area contributed by atoms with E-state index in [1.54, 1.807) is 19.2 Å². The van der Waals surface area contributed by atoms with E-state index in [1.165, 1.54) is 11.1 Å². The fraction of sp³-hybridized carbons (Fsp3) is 0.310. The van der Waals surface area contributed by atoms with Gasteiger partial charge in [-0.25, -0.2) is 4.98 Å². The maximum Gasteiger partial charge on any atom is 0.251 e. The normalized spacial score (nSPS) is 12.0. The summed E-state index contributed by atoms with van der Waals surface area (Å²) >= 11 is 0. The van der Waals surface area contributed by atoms with E-state index in [-0.39, 0.29) is 5.91 Å². The molecule has 1 atom stereocenters. The van der Waals surface area contributed by atoms with Crippen LogP contribution in [0.1, 0.15) is 59.9 Å². The fourth-order valence-electron chi connectivity index (χ4n) is 4.18. The molecule has 1 unspecified atom stereocenters. The van der Waals surface area contributed by atoms with E-state index < -0.39 is 0 Å². The van der Waals surface area contributed by atoms with Crippen LogP contribution in [0.2, 0.25) is 0 Å². The van der Waals surface area contributed by atoms with E-state index in [0.717, 1.165) is 42.7 Å². The van der Waals surface area contributed by atoms with Crippen LogP contribution in [0.25, 0.3) is 11.0 Å². The van der Waals surface area contributed by atoms with Crippen molar-refractivity contribution in [2.75, 3.05) is 13.7 Å². The lowest BCUT2D eigenvalue weighted by atomic mass is 9.97. The molecule has 0 aliphatic rings. The summed E-state index contributed by atoms with van der Waals surface area (Å²) in [4.78, 5) is 17.4. The molecule has 0 spiro atoms. The standard InChI is InChI=1S/C29H33N3O2/c1-4-21(2)23-16-14-22(15-17-23)20-32-27-12-6-5-11-26(27)31-28(32)13-8-18-30-29(33)24-9-7-10-25(19-24)34-3/h5-7,9-12,14-17,19,21H,4,8,13,18,20H2,1-3H3,(H,30,33). The van der Waals surface area contributed by atoms with Crippen LogP contribution >= 0.6 is 0 Å². The molecule has 1 heterocycles. The number of hydrogen-bond acceptors (Lipinski definition) is 3. The second-order valence-electron chi connectivity index (χ2n) is 8.75. The quantitative estimate of drug-likeness (QED) is 0.300. The molecule has 0 fully saturated rings. The molecular weight excluding hydrogens is 422 g/mol. The molecule has 1 amide bonds. The van der Waals surface area contributed by atoms with Crippen molar-refractivity contribution >= 4 is 16.9 Å². The first-order valence-electron chi connectivity index (χ1n) is 12.0. The van der Waals surface area contributed by atoms with Crippen LogP contribution in [0.3, 0.4) is 0 Å². The number of aryl methyl sites for hydroxylation is 1. The highest BCUT2D eigenvalue weighted by molar-refractivity contribution is 5.94. The van der Waals surface area contributed by atoms with Crippen molar-refractivity contribution in [2.45, 2.75) is 45.6 Å². The van der Waals surface area contributed by atoms with Crippen molar-refractivity contribution in [2.24, 2.45) is 0 Å². The summed E-state index contributed by atoms with van der Waals surface area (Å²) in [5, 5.41) is 3.01. The number of para-hydroxylation sites is 2. The molecule has 3 aromatic carbocycles. The first kappa shape index (κ1) is 23.6. The van der Waals surface area contributed by atoms with Crippen molar-refractivity contribution in [3.8, 4) is 5.75 Å². The summed E-state index contributed by atoms with van der Waals surface area (Å²) in [6.07, 6.45) is 2.74. The van der Waals surface area contributed by atoms with E-state index in [0.29, 0.717) is 23.8 Å². The number of methoxy groups -OCH3 is 1. The van der Waals surface area contributed by atoms with Gasteiger partial charge in [-0.1, -0.05) is 56.3 Å². The Hall–Kier alpha value is -3.60. The first-order chi connectivity index (χ1) is 16.6. The van der Waals surface area contributed by atoms with Gasteiger partial charge in [0.15, 0.2) is 0 Å². The van der Waals surface area contributed by atoms with Crippen LogP contribution in [0.15, 0.2) is 72.8 Å². The van der Waals surface area contributed by atoms with E-state index >= 15 is 0 Å². The number of nitrogens with one attached hydrogen (secondary N) is 1. The maximum absolute atomic E-state index is 12.5. The lowest BCUT2D eigenvalue weighted by Gasteiger charge is -2.12. The topological polar surface area (TPSA) is 56.2 Å². The Morgan fingerprint density at radius 1 is 1.06 bits per heavy atom. The minimum absolute atomic E-state index is 0.0891. The van der Waals surface area contributed by atoms with Gasteiger partial charge in [0.05, 0.1) is 18.1 Å². The van der Waals surface area contributed by atoms with Crippen molar-refractivity contribution in [1.29, 1.82) is 0 Å². The molecule has 176 valence electrons. The van der Waals surface area contributed by atoms with Gasteiger partial charge in [-0.2, -0.15) is 0 Å². The van der Waals surface area contributed by atoms with Gasteiger partial charge in [0.2, 0.25) is 0 Å². The Bertz CT molecular complexity index is 1240. The van der Waals surface area contributed by atoms with Gasteiger partial charge in [-0.05, 0) is 60.2 Å². The van der Waals surface area contributed by atoms with Crippen molar-refractivity contribution in [1.82, 2.24) is 14.9 Å². The average molecular weight is 456 g/mol. The van der Waals surface area contributed by atoms with E-state index in [2.05, 4.69) is 66.2 Å². The Morgan fingerprint density at radius 3 is 2.62 bits per heavy atom. The second-order valence-corrected chi connectivity index (χ2v) is 8.75. The average Bonchev–Trinajstić information content (AvgIpc) is 3.23. The molecule has 4 rings (SSSR count). The second kappa shape index (κ2) is 11.0. The number of imidazole rings is 1. The minimum atomic E-state index is -0.0891. The zero-order valence-corrected chi connectivity index (χ0v) is 20.3. The number of rotatable bonds is 10. The van der Waals surface area contributed by atoms with Crippen LogP contribution in [0.5, 0.6) is 5.75 Å². The number of ether oxygens (including phenoxy) is 1. The predicted octanol–water partition coefficient (Wildman–Crippen LogP) is 5.97. The molecule has 0 saturated heterocycles. The third-order valence-corrected chi connectivity index (χ3v) is 6.43. The molecule has 4 aromatic rings. The summed E-state index contributed by atoms with van der Waals surface area (Å²) in [6, 6.07) is 24.4. The van der Waals surface area contributed by atoms with Crippen LogP contribution in [-0.2, 0) is 13.0 Å². The van der Waals surface area contributed by atoms with Gasteiger partial charge in [-0.15, -0.1) is 0 Å². The summed E-state index contributed by atoms with van der Waals surface area (Å²) in [5.41, 5.74) is 5.40. The monoisotopic (exact) mass is 455 g/mol. The highest BCUT2D eigenvalue weighted by Crippen LogP contribution is 2.22. The number of carbonyl (C=O) groups is 1. The maximum atomic E-state index is 12.5. The molecule has 5 heteroatoms.